The number of carbonyl (C=O) groups is 2. The van der Waals surface area contributed by atoms with Crippen LogP contribution in [-0.4, -0.2) is 40.9 Å². The number of anilines is 1. The van der Waals surface area contributed by atoms with Crippen molar-refractivity contribution in [2.75, 3.05) is 18.5 Å². The van der Waals surface area contributed by atoms with E-state index < -0.39 is 11.7 Å². The molecule has 1 aromatic heterocycles. The summed E-state index contributed by atoms with van der Waals surface area (Å²) in [6, 6.07) is 3.60. The summed E-state index contributed by atoms with van der Waals surface area (Å²) in [7, 11) is 0. The molecule has 2 aliphatic rings. The Hall–Kier alpha value is -2.10. The van der Waals surface area contributed by atoms with Gasteiger partial charge in [-0.15, -0.1) is 0 Å². The highest BCUT2D eigenvalue weighted by atomic mass is 35.5. The van der Waals surface area contributed by atoms with E-state index in [0.29, 0.717) is 18.1 Å². The van der Waals surface area contributed by atoms with E-state index in [1.807, 2.05) is 0 Å². The fourth-order valence-corrected chi connectivity index (χ4v) is 4.68. The van der Waals surface area contributed by atoms with Gasteiger partial charge in [0.1, 0.15) is 18.2 Å². The smallest absolute Gasteiger partial charge is 0.258 e. The Morgan fingerprint density at radius 1 is 1.38 bits per heavy atom. The number of hydrogen-bond acceptors (Lipinski definition) is 5. The first kappa shape index (κ1) is 20.2. The maximum Gasteiger partial charge on any atom is 0.258 e. The molecule has 0 radical (unpaired) electrons. The van der Waals surface area contributed by atoms with Gasteiger partial charge in [0.15, 0.2) is 0 Å². The van der Waals surface area contributed by atoms with Crippen molar-refractivity contribution in [3.8, 4) is 0 Å². The zero-order chi connectivity index (χ0) is 20.4. The molecule has 2 aliphatic heterocycles. The molecule has 29 heavy (non-hydrogen) atoms. The van der Waals surface area contributed by atoms with Crippen LogP contribution in [0.25, 0.3) is 0 Å². The maximum atomic E-state index is 13.3. The van der Waals surface area contributed by atoms with E-state index in [0.717, 1.165) is 42.5 Å². The molecule has 2 N–H and O–H groups in total. The third-order valence-electron chi connectivity index (χ3n) is 4.87. The molecule has 10 heteroatoms. The fourth-order valence-electron chi connectivity index (χ4n) is 3.39. The van der Waals surface area contributed by atoms with E-state index in [9.17, 15) is 14.0 Å². The minimum absolute atomic E-state index is 0.0167. The molecule has 1 saturated heterocycles. The van der Waals surface area contributed by atoms with Crippen molar-refractivity contribution in [1.29, 1.82) is 0 Å². The van der Waals surface area contributed by atoms with Gasteiger partial charge in [-0.1, -0.05) is 11.6 Å². The fraction of sp³-hybridized carbons (Fsp3) is 0.421. The molecule has 4 rings (SSSR count). The quantitative estimate of drug-likeness (QED) is 0.724. The number of nitrogens with zero attached hydrogens (tertiary/aromatic N) is 2. The molecule has 3 heterocycles. The van der Waals surface area contributed by atoms with Gasteiger partial charge in [-0.25, -0.2) is 9.07 Å². The van der Waals surface area contributed by atoms with Gasteiger partial charge < -0.3 is 15.4 Å². The zero-order valence-electron chi connectivity index (χ0n) is 15.5. The van der Waals surface area contributed by atoms with Crippen LogP contribution in [0.1, 0.15) is 34.5 Å². The largest absolute Gasteiger partial charge is 0.376 e. The summed E-state index contributed by atoms with van der Waals surface area (Å²) >= 11 is 7.69. The summed E-state index contributed by atoms with van der Waals surface area (Å²) in [5.41, 5.74) is 1.90. The van der Waals surface area contributed by atoms with E-state index in [1.54, 1.807) is 11.8 Å². The van der Waals surface area contributed by atoms with Crippen molar-refractivity contribution >= 4 is 41.0 Å². The number of amides is 2. The summed E-state index contributed by atoms with van der Waals surface area (Å²) in [5.74, 6) is 0.694. The number of fused-ring (bicyclic) bond motifs is 1. The highest BCUT2D eigenvalue weighted by Gasteiger charge is 2.26. The number of ether oxygens (including phenoxy) is 1. The molecule has 2 amide bonds. The van der Waals surface area contributed by atoms with Gasteiger partial charge in [-0.05, 0) is 31.0 Å². The Labute approximate surface area is 176 Å². The second-order valence-electron chi connectivity index (χ2n) is 6.94. The summed E-state index contributed by atoms with van der Waals surface area (Å²) in [6.07, 6.45) is 2.00. The van der Waals surface area contributed by atoms with Crippen molar-refractivity contribution < 1.29 is 18.7 Å². The number of aromatic nitrogens is 2. The van der Waals surface area contributed by atoms with Crippen LogP contribution < -0.4 is 10.6 Å². The van der Waals surface area contributed by atoms with Crippen molar-refractivity contribution in [1.82, 2.24) is 15.1 Å². The first-order valence-electron chi connectivity index (χ1n) is 9.32. The Bertz CT molecular complexity index is 946. The number of rotatable bonds is 6. The molecule has 0 saturated carbocycles. The van der Waals surface area contributed by atoms with E-state index in [2.05, 4.69) is 15.7 Å². The average Bonchev–Trinajstić information content (AvgIpc) is 3.40. The summed E-state index contributed by atoms with van der Waals surface area (Å²) in [5, 5.41) is 10.2. The highest BCUT2D eigenvalue weighted by molar-refractivity contribution is 7.98. The molecular weight excluding hydrogens is 419 g/mol. The van der Waals surface area contributed by atoms with Crippen LogP contribution in [0.15, 0.2) is 18.2 Å². The van der Waals surface area contributed by atoms with Crippen molar-refractivity contribution in [2.24, 2.45) is 0 Å². The number of hydrogen-bond donors (Lipinski definition) is 2. The third kappa shape index (κ3) is 4.57. The van der Waals surface area contributed by atoms with E-state index in [-0.39, 0.29) is 29.1 Å². The van der Waals surface area contributed by atoms with Gasteiger partial charge in [0, 0.05) is 30.2 Å². The Morgan fingerprint density at radius 2 is 2.24 bits per heavy atom. The first-order chi connectivity index (χ1) is 14.0. The van der Waals surface area contributed by atoms with Gasteiger partial charge in [-0.2, -0.15) is 16.9 Å². The molecule has 1 aromatic carbocycles. The monoisotopic (exact) mass is 438 g/mol. The molecule has 1 fully saturated rings. The SMILES string of the molecule is O=C(Cn1nc2c(c1NC(=O)c1ccc(F)cc1Cl)CSC2)NCC1CCCO1. The van der Waals surface area contributed by atoms with Gasteiger partial charge >= 0.3 is 0 Å². The second kappa shape index (κ2) is 8.73. The van der Waals surface area contributed by atoms with Crippen LogP contribution in [0.3, 0.4) is 0 Å². The molecule has 2 aromatic rings. The summed E-state index contributed by atoms with van der Waals surface area (Å²) in [4.78, 5) is 25.1. The van der Waals surface area contributed by atoms with Crippen molar-refractivity contribution in [3.63, 3.8) is 0 Å². The Kier molecular flexibility index (Phi) is 6.07. The lowest BCUT2D eigenvalue weighted by Crippen LogP contribution is -2.34. The molecule has 1 atom stereocenters. The molecule has 7 nitrogen and oxygen atoms in total. The Morgan fingerprint density at radius 3 is 3.00 bits per heavy atom. The van der Waals surface area contributed by atoms with Crippen LogP contribution in [0, 0.1) is 5.82 Å². The lowest BCUT2D eigenvalue weighted by atomic mass is 10.2. The lowest BCUT2D eigenvalue weighted by Gasteiger charge is -2.13. The first-order valence-corrected chi connectivity index (χ1v) is 10.9. The van der Waals surface area contributed by atoms with Gasteiger partial charge in [0.05, 0.1) is 22.4 Å². The highest BCUT2D eigenvalue weighted by Crippen LogP contribution is 2.35. The third-order valence-corrected chi connectivity index (χ3v) is 6.15. The van der Waals surface area contributed by atoms with Crippen LogP contribution in [-0.2, 0) is 27.6 Å². The molecule has 0 bridgehead atoms. The minimum atomic E-state index is -0.517. The van der Waals surface area contributed by atoms with E-state index >= 15 is 0 Å². The molecule has 0 spiro atoms. The van der Waals surface area contributed by atoms with Crippen LogP contribution in [0.4, 0.5) is 10.2 Å². The number of carbonyl (C=O) groups excluding carboxylic acids is 2. The molecule has 154 valence electrons. The zero-order valence-corrected chi connectivity index (χ0v) is 17.1. The van der Waals surface area contributed by atoms with Gasteiger partial charge in [-0.3, -0.25) is 9.59 Å². The lowest BCUT2D eigenvalue weighted by molar-refractivity contribution is -0.122. The summed E-state index contributed by atoms with van der Waals surface area (Å²) in [6.45, 7) is 1.17. The van der Waals surface area contributed by atoms with Gasteiger partial charge in [0.25, 0.3) is 5.91 Å². The second-order valence-corrected chi connectivity index (χ2v) is 8.33. The molecular formula is C19H20ClFN4O3S. The minimum Gasteiger partial charge on any atom is -0.376 e. The number of nitrogens with one attached hydrogen (secondary N) is 2. The number of thioether (sulfide) groups is 1. The topological polar surface area (TPSA) is 85.2 Å². The average molecular weight is 439 g/mol. The number of benzene rings is 1. The maximum absolute atomic E-state index is 13.3. The van der Waals surface area contributed by atoms with Crippen LogP contribution >= 0.6 is 23.4 Å². The van der Waals surface area contributed by atoms with Crippen LogP contribution in [0.2, 0.25) is 5.02 Å². The Balaban J connectivity index is 1.48. The molecule has 0 aliphatic carbocycles. The predicted molar refractivity (Wildman–Crippen MR) is 109 cm³/mol. The van der Waals surface area contributed by atoms with Gasteiger partial charge in [0.2, 0.25) is 5.91 Å². The predicted octanol–water partition coefficient (Wildman–Crippen LogP) is 2.97. The van der Waals surface area contributed by atoms with Crippen molar-refractivity contribution in [2.45, 2.75) is 37.0 Å². The number of halogens is 2. The van der Waals surface area contributed by atoms with Crippen LogP contribution in [0.5, 0.6) is 0 Å². The summed E-state index contributed by atoms with van der Waals surface area (Å²) < 4.78 is 20.3. The van der Waals surface area contributed by atoms with Crippen molar-refractivity contribution in [3.05, 3.63) is 45.9 Å². The van der Waals surface area contributed by atoms with E-state index in [1.165, 1.54) is 16.8 Å². The standard InChI is InChI=1S/C19H20ClFN4O3S/c20-15-6-11(21)3-4-13(15)19(27)23-18-14-9-29-10-16(14)24-25(18)8-17(26)22-7-12-2-1-5-28-12/h3-4,6,12H,1-2,5,7-10H2,(H,22,26)(H,23,27). The van der Waals surface area contributed by atoms with E-state index in [4.69, 9.17) is 16.3 Å². The molecule has 1 unspecified atom stereocenters. The normalized spacial score (nSPS) is 17.9.